The van der Waals surface area contributed by atoms with Gasteiger partial charge in [-0.25, -0.2) is 4.98 Å². The smallest absolute Gasteiger partial charge is 0.221 e. The van der Waals surface area contributed by atoms with Crippen LogP contribution in [0.4, 0.5) is 0 Å². The number of hydrogen-bond acceptors (Lipinski definition) is 2. The molecule has 0 fully saturated rings. The van der Waals surface area contributed by atoms with Gasteiger partial charge in [-0.15, -0.1) is 0 Å². The molecule has 0 aliphatic rings. The van der Waals surface area contributed by atoms with Crippen LogP contribution in [0.2, 0.25) is 20.1 Å². The monoisotopic (exact) mass is 321 g/mol. The standard InChI is InChI=1S/C12H7Cl4NO/c1-18-12-8(4-6(13)5-17-12)7-2-3-9(14)11(16)10(7)15/h2-5H,1H3. The van der Waals surface area contributed by atoms with Crippen molar-refractivity contribution in [1.29, 1.82) is 0 Å². The van der Waals surface area contributed by atoms with Gasteiger partial charge in [-0.3, -0.25) is 0 Å². The van der Waals surface area contributed by atoms with Crippen molar-refractivity contribution in [2.24, 2.45) is 0 Å². The Balaban J connectivity index is 2.69. The summed E-state index contributed by atoms with van der Waals surface area (Å²) in [6, 6.07) is 5.11. The first-order valence-corrected chi connectivity index (χ1v) is 6.39. The zero-order chi connectivity index (χ0) is 13.3. The van der Waals surface area contributed by atoms with E-state index in [1.54, 1.807) is 18.2 Å². The Labute approximate surface area is 124 Å². The van der Waals surface area contributed by atoms with E-state index in [4.69, 9.17) is 51.1 Å². The van der Waals surface area contributed by atoms with E-state index >= 15 is 0 Å². The van der Waals surface area contributed by atoms with Crippen molar-refractivity contribution in [3.05, 3.63) is 44.5 Å². The SMILES string of the molecule is COc1ncc(Cl)cc1-c1ccc(Cl)c(Cl)c1Cl. The molecule has 1 aromatic heterocycles. The molecule has 0 unspecified atom stereocenters. The van der Waals surface area contributed by atoms with Crippen LogP contribution in [-0.4, -0.2) is 12.1 Å². The Morgan fingerprint density at radius 1 is 1.00 bits per heavy atom. The number of pyridine rings is 1. The fourth-order valence-corrected chi connectivity index (χ4v) is 2.31. The lowest BCUT2D eigenvalue weighted by Gasteiger charge is -2.11. The van der Waals surface area contributed by atoms with Gasteiger partial charge >= 0.3 is 0 Å². The summed E-state index contributed by atoms with van der Waals surface area (Å²) < 4.78 is 5.18. The van der Waals surface area contributed by atoms with E-state index in [1.165, 1.54) is 13.3 Å². The summed E-state index contributed by atoms with van der Waals surface area (Å²) in [5, 5.41) is 1.50. The van der Waals surface area contributed by atoms with Gasteiger partial charge < -0.3 is 4.74 Å². The zero-order valence-corrected chi connectivity index (χ0v) is 12.2. The van der Waals surface area contributed by atoms with E-state index in [9.17, 15) is 0 Å². The van der Waals surface area contributed by atoms with Crippen molar-refractivity contribution in [2.45, 2.75) is 0 Å². The second-order valence-electron chi connectivity index (χ2n) is 3.43. The van der Waals surface area contributed by atoms with Gasteiger partial charge in [-0.1, -0.05) is 52.5 Å². The Bertz CT molecular complexity index is 601. The molecule has 0 N–H and O–H groups in total. The molecular weight excluding hydrogens is 316 g/mol. The summed E-state index contributed by atoms with van der Waals surface area (Å²) in [6.07, 6.45) is 1.50. The van der Waals surface area contributed by atoms with Crippen molar-refractivity contribution in [3.63, 3.8) is 0 Å². The lowest BCUT2D eigenvalue weighted by Crippen LogP contribution is -1.92. The molecule has 0 saturated heterocycles. The van der Waals surface area contributed by atoms with Gasteiger partial charge in [0, 0.05) is 17.3 Å². The van der Waals surface area contributed by atoms with Crippen LogP contribution in [0, 0.1) is 0 Å². The van der Waals surface area contributed by atoms with Gasteiger partial charge in [-0.05, 0) is 12.1 Å². The molecular formula is C12H7Cl4NO. The van der Waals surface area contributed by atoms with Crippen LogP contribution in [0.15, 0.2) is 24.4 Å². The number of hydrogen-bond donors (Lipinski definition) is 0. The van der Waals surface area contributed by atoms with Crippen LogP contribution in [0.1, 0.15) is 0 Å². The highest BCUT2D eigenvalue weighted by Crippen LogP contribution is 2.41. The second kappa shape index (κ2) is 5.54. The number of rotatable bonds is 2. The third-order valence-corrected chi connectivity index (χ3v) is 3.84. The molecule has 2 rings (SSSR count). The molecule has 18 heavy (non-hydrogen) atoms. The predicted octanol–water partition coefficient (Wildman–Crippen LogP) is 5.37. The molecule has 1 aromatic carbocycles. The molecule has 0 amide bonds. The van der Waals surface area contributed by atoms with Crippen molar-refractivity contribution in [3.8, 4) is 17.0 Å². The molecule has 2 aromatic rings. The number of halogens is 4. The van der Waals surface area contributed by atoms with Gasteiger partial charge in [0.2, 0.25) is 5.88 Å². The molecule has 0 saturated carbocycles. The minimum Gasteiger partial charge on any atom is -0.481 e. The van der Waals surface area contributed by atoms with E-state index < -0.39 is 0 Å². The van der Waals surface area contributed by atoms with Crippen molar-refractivity contribution < 1.29 is 4.74 Å². The summed E-state index contributed by atoms with van der Waals surface area (Å²) in [6.45, 7) is 0. The minimum atomic E-state index is 0.290. The van der Waals surface area contributed by atoms with E-state index in [0.717, 1.165) is 0 Å². The number of methoxy groups -OCH3 is 1. The summed E-state index contributed by atoms with van der Waals surface area (Å²) in [4.78, 5) is 4.08. The van der Waals surface area contributed by atoms with Crippen molar-refractivity contribution in [1.82, 2.24) is 4.98 Å². The quantitative estimate of drug-likeness (QED) is 0.693. The molecule has 0 atom stereocenters. The number of aromatic nitrogens is 1. The molecule has 0 radical (unpaired) electrons. The fourth-order valence-electron chi connectivity index (χ4n) is 1.52. The average molecular weight is 323 g/mol. The van der Waals surface area contributed by atoms with Crippen LogP contribution in [0.5, 0.6) is 5.88 Å². The molecule has 0 spiro atoms. The minimum absolute atomic E-state index is 0.290. The van der Waals surface area contributed by atoms with E-state index in [0.29, 0.717) is 32.1 Å². The van der Waals surface area contributed by atoms with Crippen LogP contribution in [0.3, 0.4) is 0 Å². The number of benzene rings is 1. The summed E-state index contributed by atoms with van der Waals surface area (Å²) in [5.41, 5.74) is 1.33. The van der Waals surface area contributed by atoms with Crippen molar-refractivity contribution >= 4 is 46.4 Å². The summed E-state index contributed by atoms with van der Waals surface area (Å²) in [7, 11) is 1.52. The van der Waals surface area contributed by atoms with Gasteiger partial charge in [0.25, 0.3) is 0 Å². The lowest BCUT2D eigenvalue weighted by molar-refractivity contribution is 0.399. The van der Waals surface area contributed by atoms with Gasteiger partial charge in [0.1, 0.15) is 0 Å². The van der Waals surface area contributed by atoms with Gasteiger partial charge in [-0.2, -0.15) is 0 Å². The maximum Gasteiger partial charge on any atom is 0.221 e. The van der Waals surface area contributed by atoms with E-state index in [1.807, 2.05) is 0 Å². The molecule has 2 nitrogen and oxygen atoms in total. The highest BCUT2D eigenvalue weighted by molar-refractivity contribution is 6.49. The Hall–Kier alpha value is -0.670. The van der Waals surface area contributed by atoms with E-state index in [-0.39, 0.29) is 5.02 Å². The first-order valence-electron chi connectivity index (χ1n) is 4.88. The Morgan fingerprint density at radius 3 is 2.39 bits per heavy atom. The predicted molar refractivity (Wildman–Crippen MR) is 76.3 cm³/mol. The highest BCUT2D eigenvalue weighted by Gasteiger charge is 2.15. The fraction of sp³-hybridized carbons (Fsp3) is 0.0833. The molecule has 0 bridgehead atoms. The van der Waals surface area contributed by atoms with E-state index in [2.05, 4.69) is 4.98 Å². The third kappa shape index (κ3) is 2.52. The first-order chi connectivity index (χ1) is 8.54. The molecule has 94 valence electrons. The molecule has 1 heterocycles. The summed E-state index contributed by atoms with van der Waals surface area (Å²) in [5.74, 6) is 0.416. The Kier molecular flexibility index (Phi) is 4.23. The van der Waals surface area contributed by atoms with Crippen molar-refractivity contribution in [2.75, 3.05) is 7.11 Å². The maximum atomic E-state index is 6.17. The normalized spacial score (nSPS) is 10.5. The largest absolute Gasteiger partial charge is 0.481 e. The highest BCUT2D eigenvalue weighted by atomic mass is 35.5. The first kappa shape index (κ1) is 13.8. The topological polar surface area (TPSA) is 22.1 Å². The second-order valence-corrected chi connectivity index (χ2v) is 5.03. The summed E-state index contributed by atoms with van der Waals surface area (Å²) >= 11 is 24.0. The van der Waals surface area contributed by atoms with Crippen LogP contribution >= 0.6 is 46.4 Å². The van der Waals surface area contributed by atoms with Crippen LogP contribution < -0.4 is 4.74 Å². The van der Waals surface area contributed by atoms with Crippen LogP contribution in [-0.2, 0) is 0 Å². The van der Waals surface area contributed by atoms with Gasteiger partial charge in [0.05, 0.1) is 27.2 Å². The third-order valence-electron chi connectivity index (χ3n) is 2.34. The molecule has 0 aliphatic heterocycles. The lowest BCUT2D eigenvalue weighted by atomic mass is 10.1. The maximum absolute atomic E-state index is 6.17. The van der Waals surface area contributed by atoms with Crippen LogP contribution in [0.25, 0.3) is 11.1 Å². The number of ether oxygens (including phenoxy) is 1. The average Bonchev–Trinajstić information content (AvgIpc) is 2.36. The zero-order valence-electron chi connectivity index (χ0n) is 9.18. The molecule has 0 aliphatic carbocycles. The van der Waals surface area contributed by atoms with Gasteiger partial charge in [0.15, 0.2) is 0 Å². The number of nitrogens with zero attached hydrogens (tertiary/aromatic N) is 1. The Morgan fingerprint density at radius 2 is 1.72 bits per heavy atom. The molecule has 6 heteroatoms.